The van der Waals surface area contributed by atoms with Crippen LogP contribution < -0.4 is 10.6 Å². The van der Waals surface area contributed by atoms with Crippen molar-refractivity contribution in [2.45, 2.75) is 6.92 Å². The molecule has 9 heteroatoms. The zero-order chi connectivity index (χ0) is 21.4. The first kappa shape index (κ1) is 19.0. The summed E-state index contributed by atoms with van der Waals surface area (Å²) in [6.07, 6.45) is 8.91. The van der Waals surface area contributed by atoms with Crippen molar-refractivity contribution in [1.82, 2.24) is 25.3 Å². The van der Waals surface area contributed by atoms with Gasteiger partial charge in [0, 0.05) is 30.1 Å². The van der Waals surface area contributed by atoms with Gasteiger partial charge in [0.2, 0.25) is 6.33 Å². The maximum Gasteiger partial charge on any atom is 0.338 e. The number of benzene rings is 1. The number of anilines is 1. The van der Waals surface area contributed by atoms with Crippen LogP contribution in [-0.4, -0.2) is 43.8 Å². The second kappa shape index (κ2) is 7.69. The van der Waals surface area contributed by atoms with Crippen LogP contribution in [0.3, 0.4) is 0 Å². The van der Waals surface area contributed by atoms with Crippen molar-refractivity contribution >= 4 is 51.3 Å². The van der Waals surface area contributed by atoms with Crippen molar-refractivity contribution in [2.75, 3.05) is 11.9 Å². The van der Waals surface area contributed by atoms with Crippen LogP contribution in [0.4, 0.5) is 15.7 Å². The van der Waals surface area contributed by atoms with Crippen molar-refractivity contribution in [2.24, 2.45) is 0 Å². The summed E-state index contributed by atoms with van der Waals surface area (Å²) in [7, 11) is 0. The second-order valence-corrected chi connectivity index (χ2v) is 7.86. The van der Waals surface area contributed by atoms with Crippen molar-refractivity contribution in [3.05, 3.63) is 54.7 Å². The lowest BCUT2D eigenvalue weighted by molar-refractivity contribution is -0.348. The van der Waals surface area contributed by atoms with Crippen LogP contribution in [0.15, 0.2) is 49.2 Å². The number of nitrogens with one attached hydrogen (secondary N) is 2. The predicted octanol–water partition coefficient (Wildman–Crippen LogP) is 4.29. The Kier molecular flexibility index (Phi) is 4.72. The number of rotatable bonds is 4. The number of nitrogens with zero attached hydrogens (tertiary/aromatic N) is 5. The molecule has 31 heavy (non-hydrogen) atoms. The fourth-order valence-corrected chi connectivity index (χ4v) is 4.44. The summed E-state index contributed by atoms with van der Waals surface area (Å²) < 4.78 is 2.65. The molecule has 1 aliphatic rings. The first-order chi connectivity index (χ1) is 15.1. The monoisotopic (exact) mass is 428 g/mol. The van der Waals surface area contributed by atoms with Gasteiger partial charge in [-0.3, -0.25) is 10.3 Å². The Labute approximate surface area is 182 Å². The topological polar surface area (TPSA) is 95.7 Å². The molecule has 0 atom stereocenters. The van der Waals surface area contributed by atoms with Gasteiger partial charge in [-0.25, -0.2) is 19.3 Å². The fraction of sp³-hybridized carbons (Fsp3) is 0.0909. The SMILES string of the molecule is C=[N+]1C=Cc2c(-c3cc(-c4cccnc4)cc4nc(NC(=O)NCC)sc34)ncnc21. The zero-order valence-electron chi connectivity index (χ0n) is 16.7. The first-order valence-electron chi connectivity index (χ1n) is 9.67. The third kappa shape index (κ3) is 3.44. The summed E-state index contributed by atoms with van der Waals surface area (Å²) in [5.41, 5.74) is 5.30. The molecule has 0 saturated carbocycles. The van der Waals surface area contributed by atoms with Crippen molar-refractivity contribution < 1.29 is 9.37 Å². The average Bonchev–Trinajstić information content (AvgIpc) is 3.36. The summed E-state index contributed by atoms with van der Waals surface area (Å²) in [5.74, 6) is 0.745. The van der Waals surface area contributed by atoms with Crippen LogP contribution in [0, 0.1) is 0 Å². The van der Waals surface area contributed by atoms with Gasteiger partial charge in [0.05, 0.1) is 34.4 Å². The molecule has 4 aromatic rings. The summed E-state index contributed by atoms with van der Waals surface area (Å²) in [5, 5.41) is 6.06. The number of pyridine rings is 1. The van der Waals surface area contributed by atoms with Crippen molar-refractivity contribution in [1.29, 1.82) is 0 Å². The van der Waals surface area contributed by atoms with Crippen LogP contribution in [0.5, 0.6) is 0 Å². The van der Waals surface area contributed by atoms with Crippen molar-refractivity contribution in [3.8, 4) is 22.4 Å². The highest BCUT2D eigenvalue weighted by molar-refractivity contribution is 7.22. The van der Waals surface area contributed by atoms with Gasteiger partial charge < -0.3 is 5.32 Å². The lowest BCUT2D eigenvalue weighted by Gasteiger charge is -2.08. The molecule has 0 spiro atoms. The molecule has 4 heterocycles. The van der Waals surface area contributed by atoms with Gasteiger partial charge in [-0.05, 0) is 41.7 Å². The molecule has 0 bridgehead atoms. The van der Waals surface area contributed by atoms with Gasteiger partial charge in [-0.1, -0.05) is 17.4 Å². The predicted molar refractivity (Wildman–Crippen MR) is 123 cm³/mol. The molecule has 0 radical (unpaired) electrons. The van der Waals surface area contributed by atoms with E-state index in [0.29, 0.717) is 11.7 Å². The molecule has 1 aliphatic heterocycles. The Morgan fingerprint density at radius 1 is 1.26 bits per heavy atom. The minimum Gasteiger partial charge on any atom is -0.338 e. The maximum absolute atomic E-state index is 12.0. The minimum absolute atomic E-state index is 0.283. The molecule has 152 valence electrons. The minimum atomic E-state index is -0.283. The van der Waals surface area contributed by atoms with E-state index in [2.05, 4.69) is 43.4 Å². The standard InChI is InChI=1S/C22H17N7OS/c1-3-24-21(30)28-22-27-17-10-14(13-5-4-7-23-11-13)9-16(19(17)31-22)18-15-6-8-29(2)20(15)26-12-25-18/h4-12H,2-3H2,1H3,(H-,24,27,28,30)/p+1. The van der Waals surface area contributed by atoms with Crippen LogP contribution in [0.2, 0.25) is 0 Å². The van der Waals surface area contributed by atoms with E-state index in [-0.39, 0.29) is 6.03 Å². The van der Waals surface area contributed by atoms with Crippen molar-refractivity contribution in [3.63, 3.8) is 0 Å². The lowest BCUT2D eigenvalue weighted by Crippen LogP contribution is -2.28. The summed E-state index contributed by atoms with van der Waals surface area (Å²) in [4.78, 5) is 29.9. The number of carbonyl (C=O) groups is 1. The fourth-order valence-electron chi connectivity index (χ4n) is 3.48. The molecule has 3 aromatic heterocycles. The largest absolute Gasteiger partial charge is 0.338 e. The summed E-state index contributed by atoms with van der Waals surface area (Å²) in [6, 6.07) is 7.69. The quantitative estimate of drug-likeness (QED) is 0.473. The number of amides is 2. The molecule has 0 unspecified atom stereocenters. The molecule has 8 nitrogen and oxygen atoms in total. The van der Waals surface area contributed by atoms with Crippen LogP contribution in [0.25, 0.3) is 38.7 Å². The molecule has 1 aromatic carbocycles. The molecule has 2 N–H and O–H groups in total. The van der Waals surface area contributed by atoms with Gasteiger partial charge >= 0.3 is 11.8 Å². The van der Waals surface area contributed by atoms with Crippen LogP contribution >= 0.6 is 11.3 Å². The molecular weight excluding hydrogens is 410 g/mol. The number of thiazole rings is 1. The summed E-state index contributed by atoms with van der Waals surface area (Å²) in [6.45, 7) is 6.38. The average molecular weight is 429 g/mol. The Hall–Kier alpha value is -3.98. The first-order valence-corrected chi connectivity index (χ1v) is 10.5. The van der Waals surface area contributed by atoms with Gasteiger partial charge in [-0.2, -0.15) is 0 Å². The number of hydrogen-bond donors (Lipinski definition) is 2. The molecule has 0 saturated heterocycles. The Morgan fingerprint density at radius 3 is 2.97 bits per heavy atom. The highest BCUT2D eigenvalue weighted by Gasteiger charge is 2.25. The number of hydrogen-bond acceptors (Lipinski definition) is 6. The highest BCUT2D eigenvalue weighted by atomic mass is 32.1. The number of carbonyl (C=O) groups excluding carboxylic acids is 1. The molecular formula is C22H18N7OS+. The highest BCUT2D eigenvalue weighted by Crippen LogP contribution is 2.41. The number of aromatic nitrogens is 4. The van der Waals surface area contributed by atoms with E-state index >= 15 is 0 Å². The van der Waals surface area contributed by atoms with E-state index in [1.807, 2.05) is 43.6 Å². The zero-order valence-corrected chi connectivity index (χ0v) is 17.5. The van der Waals surface area contributed by atoms with Crippen LogP contribution in [-0.2, 0) is 0 Å². The third-order valence-electron chi connectivity index (χ3n) is 4.85. The van der Waals surface area contributed by atoms with E-state index in [1.165, 1.54) is 17.7 Å². The maximum atomic E-state index is 12.0. The number of urea groups is 1. The number of fused-ring (bicyclic) bond motifs is 2. The van der Waals surface area contributed by atoms with Gasteiger partial charge in [0.1, 0.15) is 0 Å². The molecule has 5 rings (SSSR count). The Balaban J connectivity index is 1.72. The van der Waals surface area contributed by atoms with E-state index in [1.54, 1.807) is 10.8 Å². The molecule has 2 amide bonds. The lowest BCUT2D eigenvalue weighted by atomic mass is 10.00. The normalized spacial score (nSPS) is 12.2. The summed E-state index contributed by atoms with van der Waals surface area (Å²) >= 11 is 1.41. The van der Waals surface area contributed by atoms with Crippen LogP contribution in [0.1, 0.15) is 12.5 Å². The second-order valence-electron chi connectivity index (χ2n) is 6.86. The Bertz CT molecular complexity index is 1360. The Morgan fingerprint density at radius 2 is 2.16 bits per heavy atom. The van der Waals surface area contributed by atoms with E-state index in [9.17, 15) is 4.79 Å². The van der Waals surface area contributed by atoms with E-state index < -0.39 is 0 Å². The molecule has 0 fully saturated rings. The smallest absolute Gasteiger partial charge is 0.338 e. The van der Waals surface area contributed by atoms with Gasteiger partial charge in [-0.15, -0.1) is 0 Å². The van der Waals surface area contributed by atoms with E-state index in [0.717, 1.165) is 44.0 Å². The van der Waals surface area contributed by atoms with Gasteiger partial charge in [0.25, 0.3) is 0 Å². The third-order valence-corrected chi connectivity index (χ3v) is 5.87. The molecule has 0 aliphatic carbocycles. The van der Waals surface area contributed by atoms with E-state index in [4.69, 9.17) is 0 Å². The van der Waals surface area contributed by atoms with Gasteiger partial charge in [0.15, 0.2) is 5.13 Å².